The molecule has 1 aromatic heterocycles. The Labute approximate surface area is 82.9 Å². The third kappa shape index (κ3) is 1.57. The number of aromatic nitrogens is 2. The first kappa shape index (κ1) is 9.40. The van der Waals surface area contributed by atoms with Gasteiger partial charge in [0.2, 0.25) is 0 Å². The second kappa shape index (κ2) is 3.92. The van der Waals surface area contributed by atoms with E-state index in [1.807, 2.05) is 7.05 Å². The molecule has 76 valence electrons. The van der Waals surface area contributed by atoms with Crippen LogP contribution in [0.1, 0.15) is 34.8 Å². The minimum Gasteiger partial charge on any atom is -0.381 e. The Balaban J connectivity index is 2.28. The van der Waals surface area contributed by atoms with E-state index in [-0.39, 0.29) is 0 Å². The van der Waals surface area contributed by atoms with Gasteiger partial charge >= 0.3 is 0 Å². The van der Waals surface area contributed by atoms with Crippen LogP contribution in [0.5, 0.6) is 0 Å². The number of ether oxygens (including phenoxy) is 1. The van der Waals surface area contributed by atoms with Gasteiger partial charge in [-0.1, -0.05) is 0 Å². The molecule has 0 spiro atoms. The Morgan fingerprint density at radius 1 is 1.57 bits per heavy atom. The predicted octanol–water partition coefficient (Wildman–Crippen LogP) is 1.13. The van der Waals surface area contributed by atoms with Crippen molar-refractivity contribution < 1.29 is 9.53 Å². The summed E-state index contributed by atoms with van der Waals surface area (Å²) < 4.78 is 7.10. The number of hydrogen-bond acceptors (Lipinski definition) is 3. The predicted molar refractivity (Wildman–Crippen MR) is 51.4 cm³/mol. The van der Waals surface area contributed by atoms with E-state index in [4.69, 9.17) is 4.74 Å². The van der Waals surface area contributed by atoms with Crippen molar-refractivity contribution in [3.05, 3.63) is 17.5 Å². The molecule has 0 bridgehead atoms. The smallest absolute Gasteiger partial charge is 0.153 e. The van der Waals surface area contributed by atoms with Crippen LogP contribution < -0.4 is 0 Å². The van der Waals surface area contributed by atoms with Gasteiger partial charge in [0, 0.05) is 26.2 Å². The zero-order chi connectivity index (χ0) is 9.97. The molecule has 0 unspecified atom stereocenters. The molecule has 0 atom stereocenters. The number of hydrogen-bond donors (Lipinski definition) is 0. The molecule has 1 aliphatic rings. The summed E-state index contributed by atoms with van der Waals surface area (Å²) in [5.41, 5.74) is 1.78. The standard InChI is InChI=1S/C10H14N2O2/c1-12-10(9(7-13)6-11-12)8-2-4-14-5-3-8/h6-8H,2-5H2,1H3. The molecule has 1 fully saturated rings. The Bertz CT molecular complexity index is 327. The highest BCUT2D eigenvalue weighted by molar-refractivity contribution is 5.76. The van der Waals surface area contributed by atoms with Crippen molar-refractivity contribution >= 4 is 6.29 Å². The number of aryl methyl sites for hydroxylation is 1. The van der Waals surface area contributed by atoms with Gasteiger partial charge in [0.25, 0.3) is 0 Å². The van der Waals surface area contributed by atoms with Gasteiger partial charge in [-0.2, -0.15) is 5.10 Å². The van der Waals surface area contributed by atoms with E-state index >= 15 is 0 Å². The maximum absolute atomic E-state index is 10.8. The quantitative estimate of drug-likeness (QED) is 0.663. The minimum absolute atomic E-state index is 0.427. The Hall–Kier alpha value is -1.16. The van der Waals surface area contributed by atoms with Crippen LogP contribution in [0.4, 0.5) is 0 Å². The average molecular weight is 194 g/mol. The number of nitrogens with zero attached hydrogens (tertiary/aromatic N) is 2. The fourth-order valence-electron chi connectivity index (χ4n) is 2.03. The molecule has 0 radical (unpaired) electrons. The molecule has 2 heterocycles. The van der Waals surface area contributed by atoms with Gasteiger partial charge in [0.1, 0.15) is 0 Å². The summed E-state index contributed by atoms with van der Waals surface area (Å²) in [5.74, 6) is 0.427. The molecule has 4 nitrogen and oxygen atoms in total. The summed E-state index contributed by atoms with van der Waals surface area (Å²) in [5, 5.41) is 4.11. The number of rotatable bonds is 2. The van der Waals surface area contributed by atoms with Gasteiger partial charge in [-0.3, -0.25) is 9.48 Å². The van der Waals surface area contributed by atoms with Crippen LogP contribution in [-0.4, -0.2) is 29.3 Å². The van der Waals surface area contributed by atoms with Crippen molar-refractivity contribution in [2.45, 2.75) is 18.8 Å². The van der Waals surface area contributed by atoms with E-state index < -0.39 is 0 Å². The Kier molecular flexibility index (Phi) is 2.63. The lowest BCUT2D eigenvalue weighted by Gasteiger charge is -2.22. The highest BCUT2D eigenvalue weighted by Crippen LogP contribution is 2.28. The van der Waals surface area contributed by atoms with E-state index in [2.05, 4.69) is 5.10 Å². The second-order valence-electron chi connectivity index (χ2n) is 3.61. The summed E-state index contributed by atoms with van der Waals surface area (Å²) in [6.45, 7) is 1.57. The monoisotopic (exact) mass is 194 g/mol. The van der Waals surface area contributed by atoms with Crippen LogP contribution >= 0.6 is 0 Å². The maximum atomic E-state index is 10.8. The van der Waals surface area contributed by atoms with E-state index in [1.165, 1.54) is 0 Å². The molecule has 4 heteroatoms. The van der Waals surface area contributed by atoms with Gasteiger partial charge in [-0.25, -0.2) is 0 Å². The lowest BCUT2D eigenvalue weighted by Crippen LogP contribution is -2.17. The second-order valence-corrected chi connectivity index (χ2v) is 3.61. The summed E-state index contributed by atoms with van der Waals surface area (Å²) in [6, 6.07) is 0. The topological polar surface area (TPSA) is 44.1 Å². The zero-order valence-electron chi connectivity index (χ0n) is 8.27. The third-order valence-electron chi connectivity index (χ3n) is 2.75. The van der Waals surface area contributed by atoms with Gasteiger partial charge in [-0.15, -0.1) is 0 Å². The van der Waals surface area contributed by atoms with Crippen LogP contribution in [-0.2, 0) is 11.8 Å². The van der Waals surface area contributed by atoms with Crippen molar-refractivity contribution in [1.82, 2.24) is 9.78 Å². The summed E-state index contributed by atoms with van der Waals surface area (Å²) in [4.78, 5) is 10.8. The SMILES string of the molecule is Cn1ncc(C=O)c1C1CCOCC1. The minimum atomic E-state index is 0.427. The normalized spacial score (nSPS) is 18.4. The van der Waals surface area contributed by atoms with Crippen molar-refractivity contribution in [1.29, 1.82) is 0 Å². The van der Waals surface area contributed by atoms with E-state index in [9.17, 15) is 4.79 Å². The van der Waals surface area contributed by atoms with Gasteiger partial charge in [-0.05, 0) is 12.8 Å². The van der Waals surface area contributed by atoms with Crippen LogP contribution in [0.3, 0.4) is 0 Å². The molecule has 2 rings (SSSR count). The summed E-state index contributed by atoms with van der Waals surface area (Å²) in [7, 11) is 1.89. The van der Waals surface area contributed by atoms with Crippen LogP contribution in [0, 0.1) is 0 Å². The first-order valence-electron chi connectivity index (χ1n) is 4.87. The first-order chi connectivity index (χ1) is 6.83. The summed E-state index contributed by atoms with van der Waals surface area (Å²) >= 11 is 0. The Morgan fingerprint density at radius 2 is 2.29 bits per heavy atom. The fourth-order valence-corrected chi connectivity index (χ4v) is 2.03. The Morgan fingerprint density at radius 3 is 2.93 bits per heavy atom. The number of carbonyl (C=O) groups excluding carboxylic acids is 1. The molecule has 1 saturated heterocycles. The first-order valence-corrected chi connectivity index (χ1v) is 4.87. The highest BCUT2D eigenvalue weighted by Gasteiger charge is 2.21. The van der Waals surface area contributed by atoms with Crippen molar-refractivity contribution in [3.8, 4) is 0 Å². The number of aldehydes is 1. The number of carbonyl (C=O) groups is 1. The van der Waals surface area contributed by atoms with Crippen LogP contribution in [0.15, 0.2) is 6.20 Å². The van der Waals surface area contributed by atoms with Gasteiger partial charge in [0.05, 0.1) is 17.5 Å². The molecule has 0 saturated carbocycles. The maximum Gasteiger partial charge on any atom is 0.153 e. The molecular weight excluding hydrogens is 180 g/mol. The van der Waals surface area contributed by atoms with Crippen LogP contribution in [0.25, 0.3) is 0 Å². The molecule has 0 aliphatic carbocycles. The van der Waals surface area contributed by atoms with E-state index in [1.54, 1.807) is 10.9 Å². The lowest BCUT2D eigenvalue weighted by atomic mass is 9.94. The van der Waals surface area contributed by atoms with Gasteiger partial charge < -0.3 is 4.74 Å². The largest absolute Gasteiger partial charge is 0.381 e. The van der Waals surface area contributed by atoms with Crippen molar-refractivity contribution in [3.63, 3.8) is 0 Å². The van der Waals surface area contributed by atoms with Crippen LogP contribution in [0.2, 0.25) is 0 Å². The molecular formula is C10H14N2O2. The molecule has 0 N–H and O–H groups in total. The summed E-state index contributed by atoms with van der Waals surface area (Å²) in [6.07, 6.45) is 4.50. The molecule has 1 aliphatic heterocycles. The molecule has 0 aromatic carbocycles. The third-order valence-corrected chi connectivity index (χ3v) is 2.75. The highest BCUT2D eigenvalue weighted by atomic mass is 16.5. The van der Waals surface area contributed by atoms with Crippen molar-refractivity contribution in [2.75, 3.05) is 13.2 Å². The molecule has 14 heavy (non-hydrogen) atoms. The molecule has 1 aromatic rings. The zero-order valence-corrected chi connectivity index (χ0v) is 8.27. The fraction of sp³-hybridized carbons (Fsp3) is 0.600. The van der Waals surface area contributed by atoms with Gasteiger partial charge in [0.15, 0.2) is 6.29 Å². The van der Waals surface area contributed by atoms with E-state index in [0.717, 1.165) is 43.6 Å². The molecule has 0 amide bonds. The van der Waals surface area contributed by atoms with E-state index in [0.29, 0.717) is 5.92 Å². The average Bonchev–Trinajstić information content (AvgIpc) is 2.61. The lowest BCUT2D eigenvalue weighted by molar-refractivity contribution is 0.0833. The van der Waals surface area contributed by atoms with Crippen molar-refractivity contribution in [2.24, 2.45) is 7.05 Å².